The van der Waals surface area contributed by atoms with E-state index in [9.17, 15) is 9.59 Å². The highest BCUT2D eigenvalue weighted by Crippen LogP contribution is 2.39. The molecule has 17 heavy (non-hydrogen) atoms. The fourth-order valence-corrected chi connectivity index (χ4v) is 2.93. The molecule has 3 rings (SSSR count). The maximum absolute atomic E-state index is 12.3. The van der Waals surface area contributed by atoms with E-state index in [1.54, 1.807) is 19.0 Å². The van der Waals surface area contributed by atoms with Crippen LogP contribution in [0.2, 0.25) is 0 Å². The summed E-state index contributed by atoms with van der Waals surface area (Å²) >= 11 is 0. The van der Waals surface area contributed by atoms with Crippen molar-refractivity contribution in [1.29, 1.82) is 0 Å². The summed E-state index contributed by atoms with van der Waals surface area (Å²) in [5.41, 5.74) is 1.68. The zero-order chi connectivity index (χ0) is 12.2. The number of urea groups is 1. The van der Waals surface area contributed by atoms with Crippen molar-refractivity contribution in [3.8, 4) is 0 Å². The van der Waals surface area contributed by atoms with Crippen LogP contribution in [0, 0.1) is 0 Å². The molecule has 0 saturated carbocycles. The lowest BCUT2D eigenvalue weighted by molar-refractivity contribution is -0.131. The van der Waals surface area contributed by atoms with Gasteiger partial charge in [0.25, 0.3) is 5.91 Å². The molecule has 1 aromatic rings. The third kappa shape index (κ3) is 1.12. The number of nitrogens with zero attached hydrogens (tertiary/aromatic N) is 2. The summed E-state index contributed by atoms with van der Waals surface area (Å²) in [4.78, 5) is 27.0. The number of carbonyl (C=O) groups is 2. The molecule has 0 atom stereocenters. The van der Waals surface area contributed by atoms with Crippen molar-refractivity contribution in [2.75, 3.05) is 14.1 Å². The Morgan fingerprint density at radius 1 is 1.06 bits per heavy atom. The predicted octanol–water partition coefficient (Wildman–Crippen LogP) is 1.05. The minimum Gasteiger partial charge on any atom is -0.312 e. The predicted molar refractivity (Wildman–Crippen MR) is 62.5 cm³/mol. The zero-order valence-corrected chi connectivity index (χ0v) is 9.93. The standard InChI is InChI=1S/C13H14N2O2/c1-14-11(16)13(15(2)12(14)17)7-9-5-3-4-6-10(9)8-13/h3-6H,7-8H2,1-2H3. The Morgan fingerprint density at radius 3 is 2.00 bits per heavy atom. The number of imide groups is 1. The molecule has 1 heterocycles. The molecule has 0 radical (unpaired) electrons. The summed E-state index contributed by atoms with van der Waals surface area (Å²) in [7, 11) is 3.27. The van der Waals surface area contributed by atoms with E-state index in [2.05, 4.69) is 0 Å². The fraction of sp³-hybridized carbons (Fsp3) is 0.385. The normalized spacial score (nSPS) is 21.5. The van der Waals surface area contributed by atoms with Crippen LogP contribution >= 0.6 is 0 Å². The Hall–Kier alpha value is -1.84. The first-order valence-electron chi connectivity index (χ1n) is 5.69. The van der Waals surface area contributed by atoms with E-state index in [0.717, 1.165) is 0 Å². The summed E-state index contributed by atoms with van der Waals surface area (Å²) in [6, 6.07) is 7.82. The van der Waals surface area contributed by atoms with E-state index in [0.29, 0.717) is 12.8 Å². The van der Waals surface area contributed by atoms with Gasteiger partial charge in [-0.2, -0.15) is 0 Å². The van der Waals surface area contributed by atoms with Gasteiger partial charge >= 0.3 is 6.03 Å². The fourth-order valence-electron chi connectivity index (χ4n) is 2.93. The van der Waals surface area contributed by atoms with E-state index in [1.165, 1.54) is 16.0 Å². The third-order valence-electron chi connectivity index (χ3n) is 4.00. The molecule has 1 aromatic carbocycles. The van der Waals surface area contributed by atoms with Crippen LogP contribution in [0.5, 0.6) is 0 Å². The first-order chi connectivity index (χ1) is 8.06. The highest BCUT2D eigenvalue weighted by Gasteiger charge is 2.56. The number of hydrogen-bond acceptors (Lipinski definition) is 2. The van der Waals surface area contributed by atoms with Crippen LogP contribution in [0.3, 0.4) is 0 Å². The third-order valence-corrected chi connectivity index (χ3v) is 4.00. The van der Waals surface area contributed by atoms with Crippen molar-refractivity contribution in [2.24, 2.45) is 0 Å². The molecule has 1 aliphatic heterocycles. The molecule has 4 nitrogen and oxygen atoms in total. The van der Waals surface area contributed by atoms with Gasteiger partial charge in [0.15, 0.2) is 0 Å². The molecule has 3 amide bonds. The molecule has 88 valence electrons. The molecule has 0 aromatic heterocycles. The average molecular weight is 230 g/mol. The second-order valence-corrected chi connectivity index (χ2v) is 4.86. The Labute approximate surface area is 99.8 Å². The first-order valence-corrected chi connectivity index (χ1v) is 5.69. The summed E-state index contributed by atoms with van der Waals surface area (Å²) in [6.45, 7) is 0. The van der Waals surface area contributed by atoms with E-state index < -0.39 is 5.54 Å². The molecule has 1 fully saturated rings. The maximum Gasteiger partial charge on any atom is 0.327 e. The van der Waals surface area contributed by atoms with Gasteiger partial charge in [0.2, 0.25) is 0 Å². The lowest BCUT2D eigenvalue weighted by Gasteiger charge is -2.27. The van der Waals surface area contributed by atoms with Gasteiger partial charge in [0, 0.05) is 26.9 Å². The number of hydrogen-bond donors (Lipinski definition) is 0. The molecular formula is C13H14N2O2. The van der Waals surface area contributed by atoms with Gasteiger partial charge in [0.1, 0.15) is 5.54 Å². The SMILES string of the molecule is CN1C(=O)N(C)C2(Cc3ccccc3C2)C1=O. The Bertz CT molecular complexity index is 499. The van der Waals surface area contributed by atoms with Crippen LogP contribution in [0.4, 0.5) is 4.79 Å². The number of fused-ring (bicyclic) bond motifs is 1. The van der Waals surface area contributed by atoms with Gasteiger partial charge in [-0.15, -0.1) is 0 Å². The molecule has 1 saturated heterocycles. The first kappa shape index (κ1) is 10.3. The number of amides is 3. The maximum atomic E-state index is 12.3. The molecule has 4 heteroatoms. The molecule has 2 aliphatic rings. The summed E-state index contributed by atoms with van der Waals surface area (Å²) in [5.74, 6) is -0.0822. The zero-order valence-electron chi connectivity index (χ0n) is 9.93. The lowest BCUT2D eigenvalue weighted by atomic mass is 9.94. The van der Waals surface area contributed by atoms with E-state index in [4.69, 9.17) is 0 Å². The van der Waals surface area contributed by atoms with Crippen molar-refractivity contribution in [2.45, 2.75) is 18.4 Å². The average Bonchev–Trinajstić information content (AvgIpc) is 2.80. The monoisotopic (exact) mass is 230 g/mol. The molecule has 0 bridgehead atoms. The van der Waals surface area contributed by atoms with Crippen molar-refractivity contribution in [3.63, 3.8) is 0 Å². The van der Waals surface area contributed by atoms with Crippen molar-refractivity contribution in [3.05, 3.63) is 35.4 Å². The van der Waals surface area contributed by atoms with Crippen LogP contribution in [-0.2, 0) is 17.6 Å². The van der Waals surface area contributed by atoms with Gasteiger partial charge in [-0.1, -0.05) is 24.3 Å². The van der Waals surface area contributed by atoms with Crippen LogP contribution in [-0.4, -0.2) is 41.4 Å². The highest BCUT2D eigenvalue weighted by atomic mass is 16.2. The smallest absolute Gasteiger partial charge is 0.312 e. The quantitative estimate of drug-likeness (QED) is 0.625. The Balaban J connectivity index is 2.07. The van der Waals surface area contributed by atoms with Crippen molar-refractivity contribution < 1.29 is 9.59 Å². The summed E-state index contributed by atoms with van der Waals surface area (Å²) < 4.78 is 0. The lowest BCUT2D eigenvalue weighted by Crippen LogP contribution is -2.48. The van der Waals surface area contributed by atoms with E-state index >= 15 is 0 Å². The molecule has 0 unspecified atom stereocenters. The Kier molecular flexibility index (Phi) is 1.88. The summed E-state index contributed by atoms with van der Waals surface area (Å²) in [6.07, 6.45) is 1.27. The molecular weight excluding hydrogens is 216 g/mol. The van der Waals surface area contributed by atoms with Crippen molar-refractivity contribution >= 4 is 11.9 Å². The summed E-state index contributed by atoms with van der Waals surface area (Å²) in [5, 5.41) is 0. The van der Waals surface area contributed by atoms with Crippen LogP contribution in [0.1, 0.15) is 11.1 Å². The number of likely N-dealkylation sites (N-methyl/N-ethyl adjacent to an activating group) is 2. The minimum atomic E-state index is -0.671. The van der Waals surface area contributed by atoms with Gasteiger partial charge in [-0.05, 0) is 11.1 Å². The van der Waals surface area contributed by atoms with Gasteiger partial charge in [0.05, 0.1) is 0 Å². The largest absolute Gasteiger partial charge is 0.327 e. The minimum absolute atomic E-state index is 0.0822. The second kappa shape index (κ2) is 3.09. The molecule has 0 N–H and O–H groups in total. The second-order valence-electron chi connectivity index (χ2n) is 4.86. The van der Waals surface area contributed by atoms with Gasteiger partial charge in [-0.25, -0.2) is 4.79 Å². The van der Waals surface area contributed by atoms with Crippen LogP contribution < -0.4 is 0 Å². The number of benzene rings is 1. The number of carbonyl (C=O) groups excluding carboxylic acids is 2. The van der Waals surface area contributed by atoms with Gasteiger partial charge < -0.3 is 4.90 Å². The topological polar surface area (TPSA) is 40.6 Å². The van der Waals surface area contributed by atoms with E-state index in [1.807, 2.05) is 24.3 Å². The van der Waals surface area contributed by atoms with Crippen LogP contribution in [0.15, 0.2) is 24.3 Å². The van der Waals surface area contributed by atoms with E-state index in [-0.39, 0.29) is 11.9 Å². The highest BCUT2D eigenvalue weighted by molar-refractivity contribution is 6.07. The molecule has 1 spiro atoms. The Morgan fingerprint density at radius 2 is 1.59 bits per heavy atom. The van der Waals surface area contributed by atoms with Crippen LogP contribution in [0.25, 0.3) is 0 Å². The van der Waals surface area contributed by atoms with Gasteiger partial charge in [-0.3, -0.25) is 9.69 Å². The molecule has 1 aliphatic carbocycles. The number of rotatable bonds is 0. The van der Waals surface area contributed by atoms with Crippen molar-refractivity contribution in [1.82, 2.24) is 9.80 Å².